The number of carboxylic acid groups (broad SMARTS) is 1. The van der Waals surface area contributed by atoms with Gasteiger partial charge in [0.05, 0.1) is 6.42 Å². The first-order chi connectivity index (χ1) is 7.25. The summed E-state index contributed by atoms with van der Waals surface area (Å²) < 4.78 is 0. The number of aliphatic carboxylic acids is 1. The summed E-state index contributed by atoms with van der Waals surface area (Å²) in [7, 11) is 0. The van der Waals surface area contributed by atoms with Crippen LogP contribution in [0.3, 0.4) is 0 Å². The maximum atomic E-state index is 10.6. The van der Waals surface area contributed by atoms with Crippen LogP contribution in [0.15, 0.2) is 36.5 Å². The Balaban J connectivity index is 1.97. The maximum Gasteiger partial charge on any atom is 0.305 e. The molecule has 0 saturated carbocycles. The number of hydrogen-bond donors (Lipinski definition) is 2. The van der Waals surface area contributed by atoms with E-state index in [0.717, 1.165) is 5.82 Å². The van der Waals surface area contributed by atoms with E-state index >= 15 is 0 Å². The van der Waals surface area contributed by atoms with Gasteiger partial charge in [-0.3, -0.25) is 4.79 Å². The number of carbonyl (C=O) groups is 1. The van der Waals surface area contributed by atoms with Crippen molar-refractivity contribution in [1.29, 1.82) is 0 Å². The zero-order valence-corrected chi connectivity index (χ0v) is 8.13. The standard InChI is InChI=1S/C11H12N2O2/c14-11(15)7-9(8-4-5-8)13-10-3-1-2-6-12-10/h1-6,8-9H,7H2,(H,12,13)(H,14,15)/t9-/m1/s1. The third-order valence-electron chi connectivity index (χ3n) is 2.27. The number of carboxylic acids is 1. The van der Waals surface area contributed by atoms with Crippen molar-refractivity contribution in [2.75, 3.05) is 5.32 Å². The summed E-state index contributed by atoms with van der Waals surface area (Å²) in [4.78, 5) is 14.7. The van der Waals surface area contributed by atoms with Crippen LogP contribution < -0.4 is 5.32 Å². The summed E-state index contributed by atoms with van der Waals surface area (Å²) in [5.74, 6) is 0.178. The number of hydrogen-bond acceptors (Lipinski definition) is 3. The number of nitrogens with one attached hydrogen (secondary N) is 1. The minimum Gasteiger partial charge on any atom is -0.481 e. The van der Waals surface area contributed by atoms with Crippen LogP contribution >= 0.6 is 0 Å². The highest BCUT2D eigenvalue weighted by molar-refractivity contribution is 5.68. The fraction of sp³-hybridized carbons (Fsp3) is 0.273. The van der Waals surface area contributed by atoms with Crippen LogP contribution in [0.1, 0.15) is 6.42 Å². The first-order valence-electron chi connectivity index (χ1n) is 4.83. The molecule has 0 amide bonds. The second-order valence-corrected chi connectivity index (χ2v) is 3.53. The lowest BCUT2D eigenvalue weighted by Gasteiger charge is -2.16. The van der Waals surface area contributed by atoms with E-state index in [0.29, 0.717) is 0 Å². The fourth-order valence-corrected chi connectivity index (χ4v) is 1.44. The topological polar surface area (TPSA) is 62.2 Å². The molecule has 0 fully saturated rings. The molecule has 0 saturated heterocycles. The van der Waals surface area contributed by atoms with E-state index < -0.39 is 5.97 Å². The van der Waals surface area contributed by atoms with E-state index in [1.807, 2.05) is 30.4 Å². The number of aromatic nitrogens is 1. The Morgan fingerprint density at radius 2 is 2.33 bits per heavy atom. The molecule has 15 heavy (non-hydrogen) atoms. The molecule has 1 aliphatic carbocycles. The van der Waals surface area contributed by atoms with E-state index in [1.165, 1.54) is 0 Å². The average molecular weight is 204 g/mol. The third kappa shape index (κ3) is 2.80. The SMILES string of the molecule is O=C(O)C[C@@H](Nc1ccccn1)C1C=C1. The lowest BCUT2D eigenvalue weighted by atomic mass is 10.1. The van der Waals surface area contributed by atoms with Crippen LogP contribution in [0.4, 0.5) is 5.82 Å². The molecule has 2 rings (SSSR count). The molecule has 1 aromatic rings. The van der Waals surface area contributed by atoms with Gasteiger partial charge in [-0.15, -0.1) is 0 Å². The summed E-state index contributed by atoms with van der Waals surface area (Å²) in [5.41, 5.74) is 0. The summed E-state index contributed by atoms with van der Waals surface area (Å²) in [6.45, 7) is 0. The monoisotopic (exact) mass is 204 g/mol. The van der Waals surface area contributed by atoms with Crippen LogP contribution in [0, 0.1) is 5.92 Å². The van der Waals surface area contributed by atoms with E-state index in [9.17, 15) is 4.79 Å². The average Bonchev–Trinajstić information content (AvgIpc) is 3.01. The molecule has 0 bridgehead atoms. The van der Waals surface area contributed by atoms with E-state index in [4.69, 9.17) is 5.11 Å². The largest absolute Gasteiger partial charge is 0.481 e. The Labute approximate surface area is 87.7 Å². The lowest BCUT2D eigenvalue weighted by Crippen LogP contribution is -2.26. The highest BCUT2D eigenvalue weighted by atomic mass is 16.4. The molecule has 0 unspecified atom stereocenters. The minimum atomic E-state index is -0.794. The van der Waals surface area contributed by atoms with Gasteiger partial charge in [0.1, 0.15) is 5.82 Å². The van der Waals surface area contributed by atoms with Gasteiger partial charge in [0.2, 0.25) is 0 Å². The van der Waals surface area contributed by atoms with Gasteiger partial charge in [-0.2, -0.15) is 0 Å². The zero-order valence-electron chi connectivity index (χ0n) is 8.13. The molecule has 1 heterocycles. The molecule has 2 N–H and O–H groups in total. The highest BCUT2D eigenvalue weighted by Gasteiger charge is 2.26. The fourth-order valence-electron chi connectivity index (χ4n) is 1.44. The second-order valence-electron chi connectivity index (χ2n) is 3.53. The van der Waals surface area contributed by atoms with E-state index in [2.05, 4.69) is 10.3 Å². The Morgan fingerprint density at radius 1 is 1.53 bits per heavy atom. The van der Waals surface area contributed by atoms with Gasteiger partial charge >= 0.3 is 5.97 Å². The molecule has 1 aromatic heterocycles. The third-order valence-corrected chi connectivity index (χ3v) is 2.27. The van der Waals surface area contributed by atoms with Gasteiger partial charge < -0.3 is 10.4 Å². The van der Waals surface area contributed by atoms with Crippen LogP contribution in [-0.4, -0.2) is 22.1 Å². The summed E-state index contributed by atoms with van der Waals surface area (Å²) >= 11 is 0. The molecule has 0 aromatic carbocycles. The number of pyridine rings is 1. The van der Waals surface area contributed by atoms with Gasteiger partial charge in [-0.25, -0.2) is 4.98 Å². The maximum absolute atomic E-state index is 10.6. The summed E-state index contributed by atoms with van der Waals surface area (Å²) in [6.07, 6.45) is 5.77. The van der Waals surface area contributed by atoms with Gasteiger partial charge in [0.25, 0.3) is 0 Å². The first kappa shape index (κ1) is 9.71. The predicted octanol–water partition coefficient (Wildman–Crippen LogP) is 1.52. The molecule has 0 aliphatic heterocycles. The quantitative estimate of drug-likeness (QED) is 0.714. The Kier molecular flexibility index (Phi) is 2.67. The van der Waals surface area contributed by atoms with Crippen molar-refractivity contribution < 1.29 is 9.90 Å². The summed E-state index contributed by atoms with van der Waals surface area (Å²) in [5, 5.41) is 11.9. The van der Waals surface area contributed by atoms with E-state index in [-0.39, 0.29) is 18.4 Å². The van der Waals surface area contributed by atoms with Crippen molar-refractivity contribution in [2.45, 2.75) is 12.5 Å². The Bertz CT molecular complexity index is 369. The molecule has 4 nitrogen and oxygen atoms in total. The molecule has 1 atom stereocenters. The zero-order chi connectivity index (χ0) is 10.7. The van der Waals surface area contributed by atoms with Gasteiger partial charge in [-0.1, -0.05) is 18.2 Å². The highest BCUT2D eigenvalue weighted by Crippen LogP contribution is 2.25. The lowest BCUT2D eigenvalue weighted by molar-refractivity contribution is -0.137. The molecule has 0 radical (unpaired) electrons. The normalized spacial score (nSPS) is 16.0. The van der Waals surface area contributed by atoms with Crippen LogP contribution in [0.25, 0.3) is 0 Å². The van der Waals surface area contributed by atoms with Crippen molar-refractivity contribution >= 4 is 11.8 Å². The van der Waals surface area contributed by atoms with Crippen molar-refractivity contribution in [3.05, 3.63) is 36.5 Å². The van der Waals surface area contributed by atoms with Gasteiger partial charge in [-0.05, 0) is 12.1 Å². The first-order valence-corrected chi connectivity index (χ1v) is 4.83. The van der Waals surface area contributed by atoms with E-state index in [1.54, 1.807) is 6.20 Å². The molecule has 78 valence electrons. The van der Waals surface area contributed by atoms with Crippen LogP contribution in [0.5, 0.6) is 0 Å². The predicted molar refractivity (Wildman–Crippen MR) is 56.5 cm³/mol. The van der Waals surface area contributed by atoms with Crippen molar-refractivity contribution in [1.82, 2.24) is 4.98 Å². The number of anilines is 1. The van der Waals surface area contributed by atoms with Gasteiger partial charge in [0, 0.05) is 18.2 Å². The molecule has 0 spiro atoms. The van der Waals surface area contributed by atoms with Crippen molar-refractivity contribution in [2.24, 2.45) is 5.92 Å². The molecular weight excluding hydrogens is 192 g/mol. The molecular formula is C11H12N2O2. The van der Waals surface area contributed by atoms with Crippen LogP contribution in [0.2, 0.25) is 0 Å². The summed E-state index contributed by atoms with van der Waals surface area (Å²) in [6, 6.07) is 5.44. The minimum absolute atomic E-state index is 0.0857. The second kappa shape index (κ2) is 4.13. The Morgan fingerprint density at radius 3 is 2.87 bits per heavy atom. The number of rotatable bonds is 5. The van der Waals surface area contributed by atoms with Crippen molar-refractivity contribution in [3.63, 3.8) is 0 Å². The smallest absolute Gasteiger partial charge is 0.305 e. The molecule has 4 heteroatoms. The van der Waals surface area contributed by atoms with Crippen LogP contribution in [-0.2, 0) is 4.79 Å². The molecule has 1 aliphatic rings. The number of nitrogens with zero attached hydrogens (tertiary/aromatic N) is 1. The van der Waals surface area contributed by atoms with Crippen molar-refractivity contribution in [3.8, 4) is 0 Å². The Hall–Kier alpha value is -1.84. The van der Waals surface area contributed by atoms with Gasteiger partial charge in [0.15, 0.2) is 0 Å².